The monoisotopic (exact) mass is 214 g/mol. The molecule has 0 aromatic rings. The highest BCUT2D eigenvalue weighted by molar-refractivity contribution is 5.85. The number of hydrazine groups is 1. The Hall–Kier alpha value is 0.500. The van der Waals surface area contributed by atoms with E-state index in [0.717, 1.165) is 12.5 Å². The van der Waals surface area contributed by atoms with Gasteiger partial charge in [-0.1, -0.05) is 6.92 Å². The summed E-state index contributed by atoms with van der Waals surface area (Å²) in [5.74, 6) is 6.56. The first-order chi connectivity index (χ1) is 4.55. The minimum Gasteiger partial charge on any atom is -0.268 e. The largest absolute Gasteiger partial charge is 0.268 e. The average Bonchev–Trinajstić information content (AvgIpc) is 1.84. The van der Waals surface area contributed by atoms with Gasteiger partial charge in [-0.25, -0.2) is 5.01 Å². The summed E-state index contributed by atoms with van der Waals surface area (Å²) in [6.45, 7) is 7.77. The molecule has 1 unspecified atom stereocenters. The molecule has 1 aliphatic rings. The van der Waals surface area contributed by atoms with Gasteiger partial charge in [0.05, 0.1) is 0 Å². The first-order valence-electron chi connectivity index (χ1n) is 4.07. The Bertz CT molecular complexity index is 116. The first-order valence-corrected chi connectivity index (χ1v) is 4.07. The summed E-state index contributed by atoms with van der Waals surface area (Å²) in [5, 5.41) is 1.97. The van der Waals surface area contributed by atoms with Gasteiger partial charge < -0.3 is 0 Å². The van der Waals surface area contributed by atoms with Crippen molar-refractivity contribution in [2.24, 2.45) is 11.8 Å². The lowest BCUT2D eigenvalue weighted by Gasteiger charge is -2.44. The van der Waals surface area contributed by atoms with E-state index in [2.05, 4.69) is 20.8 Å². The zero-order chi connectivity index (χ0) is 7.78. The molecule has 76 valence electrons. The molecule has 4 heteroatoms. The van der Waals surface area contributed by atoms with E-state index in [-0.39, 0.29) is 30.4 Å². The number of halogens is 2. The van der Waals surface area contributed by atoms with Crippen LogP contribution in [0.4, 0.5) is 0 Å². The van der Waals surface area contributed by atoms with Crippen molar-refractivity contribution in [3.63, 3.8) is 0 Å². The van der Waals surface area contributed by atoms with Crippen LogP contribution >= 0.6 is 24.8 Å². The van der Waals surface area contributed by atoms with Gasteiger partial charge in [-0.15, -0.1) is 24.8 Å². The Morgan fingerprint density at radius 2 is 1.83 bits per heavy atom. The number of rotatable bonds is 0. The van der Waals surface area contributed by atoms with Crippen LogP contribution in [0, 0.1) is 5.92 Å². The lowest BCUT2D eigenvalue weighted by molar-refractivity contribution is 0.0298. The summed E-state index contributed by atoms with van der Waals surface area (Å²) in [5.41, 5.74) is 0.207. The Balaban J connectivity index is 0. The van der Waals surface area contributed by atoms with Crippen molar-refractivity contribution in [3.05, 3.63) is 0 Å². The van der Waals surface area contributed by atoms with Crippen LogP contribution in [0.3, 0.4) is 0 Å². The molecule has 0 radical (unpaired) electrons. The lowest BCUT2D eigenvalue weighted by Crippen LogP contribution is -2.55. The van der Waals surface area contributed by atoms with Gasteiger partial charge >= 0.3 is 0 Å². The molecule has 1 atom stereocenters. The molecule has 12 heavy (non-hydrogen) atoms. The Morgan fingerprint density at radius 3 is 2.17 bits per heavy atom. The van der Waals surface area contributed by atoms with E-state index < -0.39 is 0 Å². The van der Waals surface area contributed by atoms with Crippen LogP contribution in [0.15, 0.2) is 0 Å². The molecule has 0 aliphatic carbocycles. The van der Waals surface area contributed by atoms with Crippen molar-refractivity contribution in [1.82, 2.24) is 5.01 Å². The summed E-state index contributed by atoms with van der Waals surface area (Å²) in [6.07, 6.45) is 2.57. The van der Waals surface area contributed by atoms with Gasteiger partial charge in [-0.05, 0) is 32.6 Å². The standard InChI is InChI=1S/C8H18N2.2ClH/c1-7-5-4-6-10(9)8(7,2)3;;/h7H,4-6,9H2,1-3H3;2*1H. The van der Waals surface area contributed by atoms with Gasteiger partial charge in [0.2, 0.25) is 0 Å². The van der Waals surface area contributed by atoms with Crippen LogP contribution in [-0.4, -0.2) is 17.1 Å². The van der Waals surface area contributed by atoms with E-state index in [4.69, 9.17) is 5.84 Å². The van der Waals surface area contributed by atoms with Crippen molar-refractivity contribution < 1.29 is 0 Å². The van der Waals surface area contributed by atoms with Gasteiger partial charge in [0.25, 0.3) is 0 Å². The molecule has 0 saturated carbocycles. The van der Waals surface area contributed by atoms with Crippen LogP contribution in [0.2, 0.25) is 0 Å². The molecular weight excluding hydrogens is 195 g/mol. The Kier molecular flexibility index (Phi) is 6.59. The Labute approximate surface area is 87.7 Å². The van der Waals surface area contributed by atoms with E-state index in [1.54, 1.807) is 0 Å². The average molecular weight is 215 g/mol. The summed E-state index contributed by atoms with van der Waals surface area (Å²) < 4.78 is 0. The molecule has 0 amide bonds. The van der Waals surface area contributed by atoms with Gasteiger partial charge in [0.15, 0.2) is 0 Å². The minimum absolute atomic E-state index is 0. The smallest absolute Gasteiger partial charge is 0.0321 e. The highest BCUT2D eigenvalue weighted by Gasteiger charge is 2.33. The second-order valence-electron chi connectivity index (χ2n) is 3.89. The number of hydrogen-bond donors (Lipinski definition) is 1. The Morgan fingerprint density at radius 1 is 1.33 bits per heavy atom. The summed E-state index contributed by atoms with van der Waals surface area (Å²) >= 11 is 0. The number of nitrogens with zero attached hydrogens (tertiary/aromatic N) is 1. The molecule has 0 bridgehead atoms. The van der Waals surface area contributed by atoms with Crippen LogP contribution in [0.1, 0.15) is 33.6 Å². The van der Waals surface area contributed by atoms with Gasteiger partial charge in [0.1, 0.15) is 0 Å². The van der Waals surface area contributed by atoms with Gasteiger partial charge in [-0.3, -0.25) is 5.84 Å². The quantitative estimate of drug-likeness (QED) is 0.628. The van der Waals surface area contributed by atoms with E-state index in [1.165, 1.54) is 12.8 Å². The van der Waals surface area contributed by atoms with Crippen LogP contribution in [0.5, 0.6) is 0 Å². The zero-order valence-electron chi connectivity index (χ0n) is 8.04. The predicted molar refractivity (Wildman–Crippen MR) is 57.9 cm³/mol. The van der Waals surface area contributed by atoms with E-state index in [9.17, 15) is 0 Å². The van der Waals surface area contributed by atoms with Gasteiger partial charge in [-0.2, -0.15) is 0 Å². The fourth-order valence-electron chi connectivity index (χ4n) is 1.49. The highest BCUT2D eigenvalue weighted by atomic mass is 35.5. The molecule has 0 aromatic carbocycles. The van der Waals surface area contributed by atoms with E-state index in [1.807, 2.05) is 5.01 Å². The zero-order valence-corrected chi connectivity index (χ0v) is 9.67. The number of piperidine rings is 1. The molecular formula is C8H20Cl2N2. The maximum absolute atomic E-state index is 5.84. The molecule has 2 N–H and O–H groups in total. The maximum atomic E-state index is 5.84. The third-order valence-electron chi connectivity index (χ3n) is 2.98. The molecule has 2 nitrogen and oxygen atoms in total. The molecule has 0 aromatic heterocycles. The first kappa shape index (κ1) is 15.0. The molecule has 1 rings (SSSR count). The van der Waals surface area contributed by atoms with Crippen molar-refractivity contribution in [2.75, 3.05) is 6.54 Å². The molecule has 1 fully saturated rings. The maximum Gasteiger partial charge on any atom is 0.0321 e. The second kappa shape index (κ2) is 5.28. The molecule has 1 saturated heterocycles. The fourth-order valence-corrected chi connectivity index (χ4v) is 1.49. The van der Waals surface area contributed by atoms with E-state index in [0.29, 0.717) is 0 Å². The van der Waals surface area contributed by atoms with Crippen LogP contribution in [0.25, 0.3) is 0 Å². The third-order valence-corrected chi connectivity index (χ3v) is 2.98. The summed E-state index contributed by atoms with van der Waals surface area (Å²) in [6, 6.07) is 0. The van der Waals surface area contributed by atoms with Crippen molar-refractivity contribution in [3.8, 4) is 0 Å². The number of hydrogen-bond acceptors (Lipinski definition) is 2. The van der Waals surface area contributed by atoms with Crippen LogP contribution in [-0.2, 0) is 0 Å². The topological polar surface area (TPSA) is 29.3 Å². The van der Waals surface area contributed by atoms with Crippen molar-refractivity contribution in [2.45, 2.75) is 39.2 Å². The molecule has 1 heterocycles. The molecule has 0 spiro atoms. The molecule has 1 aliphatic heterocycles. The predicted octanol–water partition coefficient (Wildman–Crippen LogP) is 2.21. The summed E-state index contributed by atoms with van der Waals surface area (Å²) in [4.78, 5) is 0. The van der Waals surface area contributed by atoms with Crippen molar-refractivity contribution in [1.29, 1.82) is 0 Å². The van der Waals surface area contributed by atoms with Crippen LogP contribution < -0.4 is 5.84 Å². The summed E-state index contributed by atoms with van der Waals surface area (Å²) in [7, 11) is 0. The van der Waals surface area contributed by atoms with Gasteiger partial charge in [0, 0.05) is 12.1 Å². The van der Waals surface area contributed by atoms with E-state index >= 15 is 0 Å². The lowest BCUT2D eigenvalue weighted by atomic mass is 9.82. The highest BCUT2D eigenvalue weighted by Crippen LogP contribution is 2.29. The SMILES string of the molecule is CC1CCCN(N)C1(C)C.Cl.Cl. The van der Waals surface area contributed by atoms with Crippen molar-refractivity contribution >= 4 is 24.8 Å². The second-order valence-corrected chi connectivity index (χ2v) is 3.89. The normalized spacial score (nSPS) is 28.5. The fraction of sp³-hybridized carbons (Fsp3) is 1.00. The minimum atomic E-state index is 0. The third kappa shape index (κ3) is 2.77. The number of nitrogens with two attached hydrogens (primary N) is 1.